The molecule has 1 aliphatic rings. The first kappa shape index (κ1) is 15.0. The molecule has 1 unspecified atom stereocenters. The maximum Gasteiger partial charge on any atom is 0.00926 e. The number of rotatable bonds is 9. The maximum absolute atomic E-state index is 2.73. The van der Waals surface area contributed by atoms with Gasteiger partial charge in [-0.25, -0.2) is 0 Å². The normalized spacial score (nSPS) is 19.1. The first-order valence-corrected chi connectivity index (χ1v) is 7.98. The van der Waals surface area contributed by atoms with E-state index in [9.17, 15) is 0 Å². The molecule has 1 saturated heterocycles. The predicted octanol–water partition coefficient (Wildman–Crippen LogP) is 4.86. The zero-order valence-corrected chi connectivity index (χ0v) is 12.4. The van der Waals surface area contributed by atoms with Crippen LogP contribution in [-0.2, 0) is 0 Å². The molecule has 0 N–H and O–H groups in total. The molecule has 0 aliphatic carbocycles. The number of likely N-dealkylation sites (tertiary alicyclic amines) is 1. The van der Waals surface area contributed by atoms with Crippen molar-refractivity contribution >= 4 is 0 Å². The summed E-state index contributed by atoms with van der Waals surface area (Å²) in [6, 6.07) is 0.891. The molecule has 17 heavy (non-hydrogen) atoms. The Bertz CT molecular complexity index is 170. The highest BCUT2D eigenvalue weighted by Crippen LogP contribution is 2.19. The summed E-state index contributed by atoms with van der Waals surface area (Å²) < 4.78 is 0. The lowest BCUT2D eigenvalue weighted by molar-refractivity contribution is 0.219. The number of unbranched alkanes of at least 4 members (excludes halogenated alkanes) is 3. The molecular weight excluding hydrogens is 206 g/mol. The zero-order chi connectivity index (χ0) is 12.5. The average Bonchev–Trinajstić information content (AvgIpc) is 2.81. The summed E-state index contributed by atoms with van der Waals surface area (Å²) in [7, 11) is 0. The van der Waals surface area contributed by atoms with Gasteiger partial charge < -0.3 is 4.90 Å². The van der Waals surface area contributed by atoms with Gasteiger partial charge in [-0.3, -0.25) is 0 Å². The van der Waals surface area contributed by atoms with Crippen LogP contribution in [0.25, 0.3) is 0 Å². The Hall–Kier alpha value is -0.0400. The zero-order valence-electron chi connectivity index (χ0n) is 12.4. The summed E-state index contributed by atoms with van der Waals surface area (Å²) in [6.07, 6.45) is 12.9. The molecule has 1 aliphatic heterocycles. The summed E-state index contributed by atoms with van der Waals surface area (Å²) in [5.74, 6) is 0.892. The molecule has 1 heterocycles. The fourth-order valence-corrected chi connectivity index (χ4v) is 3.04. The van der Waals surface area contributed by atoms with E-state index in [2.05, 4.69) is 25.7 Å². The highest BCUT2D eigenvalue weighted by molar-refractivity contribution is 4.75. The van der Waals surface area contributed by atoms with Gasteiger partial charge in [0.15, 0.2) is 0 Å². The fourth-order valence-electron chi connectivity index (χ4n) is 3.04. The second-order valence-corrected chi connectivity index (χ2v) is 6.19. The minimum atomic E-state index is 0.891. The van der Waals surface area contributed by atoms with Crippen LogP contribution in [0.2, 0.25) is 0 Å². The van der Waals surface area contributed by atoms with Crippen molar-refractivity contribution in [2.45, 2.75) is 84.6 Å². The van der Waals surface area contributed by atoms with E-state index in [0.717, 1.165) is 12.0 Å². The topological polar surface area (TPSA) is 3.24 Å². The van der Waals surface area contributed by atoms with Crippen molar-refractivity contribution < 1.29 is 0 Å². The smallest absolute Gasteiger partial charge is 0.00926 e. The first-order valence-electron chi connectivity index (χ1n) is 7.98. The maximum atomic E-state index is 2.73. The van der Waals surface area contributed by atoms with E-state index in [1.807, 2.05) is 0 Å². The van der Waals surface area contributed by atoms with E-state index in [4.69, 9.17) is 0 Å². The highest BCUT2D eigenvalue weighted by Gasteiger charge is 2.19. The Morgan fingerprint density at radius 1 is 0.882 bits per heavy atom. The van der Waals surface area contributed by atoms with Gasteiger partial charge in [0.05, 0.1) is 0 Å². The Morgan fingerprint density at radius 2 is 1.47 bits per heavy atom. The van der Waals surface area contributed by atoms with Gasteiger partial charge in [-0.2, -0.15) is 0 Å². The molecule has 0 spiro atoms. The lowest BCUT2D eigenvalue weighted by Gasteiger charge is -2.26. The Labute approximate surface area is 109 Å². The van der Waals surface area contributed by atoms with Crippen LogP contribution in [0.1, 0.15) is 78.6 Å². The van der Waals surface area contributed by atoms with Crippen molar-refractivity contribution in [3.8, 4) is 0 Å². The van der Waals surface area contributed by atoms with Crippen LogP contribution in [0.5, 0.6) is 0 Å². The van der Waals surface area contributed by atoms with E-state index < -0.39 is 0 Å². The lowest BCUT2D eigenvalue weighted by Crippen LogP contribution is -2.31. The standard InChI is InChI=1S/C16H33N/c1-4-16(17-13-9-10-14-17)12-8-6-5-7-11-15(2)3/h15-16H,4-14H2,1-3H3. The molecule has 0 bridgehead atoms. The number of hydrogen-bond donors (Lipinski definition) is 0. The van der Waals surface area contributed by atoms with Crippen molar-refractivity contribution in [1.82, 2.24) is 4.90 Å². The number of nitrogens with zero attached hydrogens (tertiary/aromatic N) is 1. The minimum absolute atomic E-state index is 0.891. The Balaban J connectivity index is 1.99. The third-order valence-corrected chi connectivity index (χ3v) is 4.20. The molecule has 0 radical (unpaired) electrons. The van der Waals surface area contributed by atoms with Gasteiger partial charge in [-0.15, -0.1) is 0 Å². The van der Waals surface area contributed by atoms with Crippen LogP contribution in [-0.4, -0.2) is 24.0 Å². The van der Waals surface area contributed by atoms with Gasteiger partial charge in [0, 0.05) is 6.04 Å². The molecule has 1 heteroatoms. The van der Waals surface area contributed by atoms with E-state index in [1.165, 1.54) is 70.9 Å². The third kappa shape index (κ3) is 6.45. The van der Waals surface area contributed by atoms with Crippen LogP contribution >= 0.6 is 0 Å². The van der Waals surface area contributed by atoms with Gasteiger partial charge in [-0.05, 0) is 44.7 Å². The van der Waals surface area contributed by atoms with Gasteiger partial charge in [0.1, 0.15) is 0 Å². The largest absolute Gasteiger partial charge is 0.300 e. The van der Waals surface area contributed by atoms with Gasteiger partial charge >= 0.3 is 0 Å². The molecule has 0 aromatic carbocycles. The molecule has 0 aromatic heterocycles. The van der Waals surface area contributed by atoms with Gasteiger partial charge in [0.25, 0.3) is 0 Å². The van der Waals surface area contributed by atoms with E-state index >= 15 is 0 Å². The summed E-state index contributed by atoms with van der Waals surface area (Å²) in [5, 5.41) is 0. The minimum Gasteiger partial charge on any atom is -0.300 e. The molecule has 0 aromatic rings. The van der Waals surface area contributed by atoms with E-state index in [0.29, 0.717) is 0 Å². The second-order valence-electron chi connectivity index (χ2n) is 6.19. The van der Waals surface area contributed by atoms with Crippen LogP contribution < -0.4 is 0 Å². The van der Waals surface area contributed by atoms with Crippen molar-refractivity contribution in [2.24, 2.45) is 5.92 Å². The third-order valence-electron chi connectivity index (χ3n) is 4.20. The molecule has 1 atom stereocenters. The SMILES string of the molecule is CCC(CCCCCCC(C)C)N1CCCC1. The quantitative estimate of drug-likeness (QED) is 0.519. The molecule has 0 amide bonds. The number of hydrogen-bond acceptors (Lipinski definition) is 1. The van der Waals surface area contributed by atoms with Crippen molar-refractivity contribution in [1.29, 1.82) is 0 Å². The van der Waals surface area contributed by atoms with Gasteiger partial charge in [0.2, 0.25) is 0 Å². The molecule has 102 valence electrons. The highest BCUT2D eigenvalue weighted by atomic mass is 15.2. The van der Waals surface area contributed by atoms with Crippen LogP contribution in [0.3, 0.4) is 0 Å². The molecule has 1 fully saturated rings. The average molecular weight is 239 g/mol. The summed E-state index contributed by atoms with van der Waals surface area (Å²) in [4.78, 5) is 2.73. The predicted molar refractivity (Wildman–Crippen MR) is 77.4 cm³/mol. The van der Waals surface area contributed by atoms with Crippen LogP contribution in [0.4, 0.5) is 0 Å². The van der Waals surface area contributed by atoms with Crippen molar-refractivity contribution in [3.63, 3.8) is 0 Å². The van der Waals surface area contributed by atoms with Gasteiger partial charge in [-0.1, -0.05) is 52.9 Å². The van der Waals surface area contributed by atoms with Crippen molar-refractivity contribution in [3.05, 3.63) is 0 Å². The fraction of sp³-hybridized carbons (Fsp3) is 1.00. The molecule has 1 nitrogen and oxygen atoms in total. The molecular formula is C16H33N. The van der Waals surface area contributed by atoms with Crippen LogP contribution in [0, 0.1) is 5.92 Å². The Morgan fingerprint density at radius 3 is 2.00 bits per heavy atom. The lowest BCUT2D eigenvalue weighted by atomic mass is 10.0. The summed E-state index contributed by atoms with van der Waals surface area (Å²) >= 11 is 0. The molecule has 0 saturated carbocycles. The van der Waals surface area contributed by atoms with Crippen molar-refractivity contribution in [2.75, 3.05) is 13.1 Å². The monoisotopic (exact) mass is 239 g/mol. The molecule has 1 rings (SSSR count). The first-order chi connectivity index (χ1) is 8.24. The van der Waals surface area contributed by atoms with Crippen LogP contribution in [0.15, 0.2) is 0 Å². The second kappa shape index (κ2) is 8.97. The van der Waals surface area contributed by atoms with E-state index in [1.54, 1.807) is 0 Å². The summed E-state index contributed by atoms with van der Waals surface area (Å²) in [5.41, 5.74) is 0. The van der Waals surface area contributed by atoms with E-state index in [-0.39, 0.29) is 0 Å². The summed E-state index contributed by atoms with van der Waals surface area (Å²) in [6.45, 7) is 9.76. The Kier molecular flexibility index (Phi) is 7.92.